The number of halogens is 1. The van der Waals surface area contributed by atoms with Gasteiger partial charge in [0, 0.05) is 48.6 Å². The van der Waals surface area contributed by atoms with E-state index in [4.69, 9.17) is 21.3 Å². The Labute approximate surface area is 214 Å². The van der Waals surface area contributed by atoms with Crippen molar-refractivity contribution >= 4 is 45.7 Å². The summed E-state index contributed by atoms with van der Waals surface area (Å²) in [5.74, 6) is 1.28. The van der Waals surface area contributed by atoms with Crippen molar-refractivity contribution < 1.29 is 9.53 Å². The number of rotatable bonds is 8. The van der Waals surface area contributed by atoms with Crippen molar-refractivity contribution in [3.05, 3.63) is 45.8 Å². The summed E-state index contributed by atoms with van der Waals surface area (Å²) in [6.45, 7) is 9.51. The van der Waals surface area contributed by atoms with E-state index in [1.807, 2.05) is 32.0 Å². The Morgan fingerprint density at radius 3 is 2.81 bits per heavy atom. The van der Waals surface area contributed by atoms with Gasteiger partial charge in [-0.15, -0.1) is 0 Å². The van der Waals surface area contributed by atoms with Crippen LogP contribution in [0.4, 0.5) is 17.5 Å². The summed E-state index contributed by atoms with van der Waals surface area (Å²) in [5.41, 5.74) is 1.62. The highest BCUT2D eigenvalue weighted by atomic mass is 35.5. The van der Waals surface area contributed by atoms with Crippen LogP contribution in [0.15, 0.2) is 35.3 Å². The molecule has 0 aliphatic carbocycles. The Morgan fingerprint density at radius 1 is 1.31 bits per heavy atom. The zero-order valence-corrected chi connectivity index (χ0v) is 21.6. The van der Waals surface area contributed by atoms with Gasteiger partial charge in [0.25, 0.3) is 5.56 Å². The molecular weight excluding hydrogens is 480 g/mol. The minimum Gasteiger partial charge on any atom is -0.480 e. The molecule has 1 spiro atoms. The Morgan fingerprint density at radius 2 is 2.11 bits per heavy atom. The number of carbonyl (C=O) groups is 1. The first-order valence-corrected chi connectivity index (χ1v) is 12.8. The second-order valence-electron chi connectivity index (χ2n) is 10.0. The first kappa shape index (κ1) is 24.5. The number of pyridine rings is 1. The van der Waals surface area contributed by atoms with Crippen molar-refractivity contribution in [2.24, 2.45) is 5.41 Å². The molecule has 0 unspecified atom stereocenters. The van der Waals surface area contributed by atoms with E-state index in [1.165, 1.54) is 6.42 Å². The largest absolute Gasteiger partial charge is 0.480 e. The molecule has 190 valence electrons. The highest BCUT2D eigenvalue weighted by Crippen LogP contribution is 2.38. The molecule has 0 atom stereocenters. The van der Waals surface area contributed by atoms with Crippen molar-refractivity contribution in [1.29, 1.82) is 0 Å². The number of benzene rings is 1. The zero-order valence-electron chi connectivity index (χ0n) is 20.8. The third-order valence-electron chi connectivity index (χ3n) is 6.96. The summed E-state index contributed by atoms with van der Waals surface area (Å²) in [7, 11) is 0. The fourth-order valence-electron chi connectivity index (χ4n) is 4.98. The van der Waals surface area contributed by atoms with E-state index < -0.39 is 0 Å². The number of nitrogens with zero attached hydrogens (tertiary/aromatic N) is 4. The maximum absolute atomic E-state index is 13.0. The fourth-order valence-corrected chi connectivity index (χ4v) is 5.12. The van der Waals surface area contributed by atoms with Gasteiger partial charge in [0.2, 0.25) is 5.95 Å². The van der Waals surface area contributed by atoms with Crippen molar-refractivity contribution in [2.75, 3.05) is 43.0 Å². The molecule has 0 saturated carbocycles. The predicted octanol–water partition coefficient (Wildman–Crippen LogP) is 3.93. The van der Waals surface area contributed by atoms with Gasteiger partial charge in [0.05, 0.1) is 11.7 Å². The van der Waals surface area contributed by atoms with Crippen LogP contribution in [0.25, 0.3) is 10.9 Å². The lowest BCUT2D eigenvalue weighted by molar-refractivity contribution is -0.120. The van der Waals surface area contributed by atoms with E-state index in [2.05, 4.69) is 20.5 Å². The van der Waals surface area contributed by atoms with E-state index in [1.54, 1.807) is 23.8 Å². The Hall–Kier alpha value is -3.17. The third-order valence-corrected chi connectivity index (χ3v) is 7.24. The zero-order chi connectivity index (χ0) is 25.4. The van der Waals surface area contributed by atoms with Gasteiger partial charge in [-0.1, -0.05) is 18.5 Å². The molecule has 5 rings (SSSR count). The molecule has 2 aliphatic heterocycles. The smallest absolute Gasteiger partial charge is 0.293 e. The van der Waals surface area contributed by atoms with Crippen LogP contribution in [-0.4, -0.2) is 53.1 Å². The van der Waals surface area contributed by atoms with Crippen LogP contribution in [0, 0.1) is 5.41 Å². The lowest BCUT2D eigenvalue weighted by Gasteiger charge is -2.47. The van der Waals surface area contributed by atoms with Gasteiger partial charge in [-0.25, -0.2) is 4.98 Å². The average Bonchev–Trinajstić information content (AvgIpc) is 3.33. The minimum atomic E-state index is -0.254. The molecule has 0 radical (unpaired) electrons. The van der Waals surface area contributed by atoms with Gasteiger partial charge in [-0.2, -0.15) is 4.98 Å². The van der Waals surface area contributed by atoms with Crippen LogP contribution >= 0.6 is 11.6 Å². The summed E-state index contributed by atoms with van der Waals surface area (Å²) in [4.78, 5) is 36.1. The Bertz CT molecular complexity index is 1360. The number of hydrogen-bond donors (Lipinski definition) is 2. The molecule has 10 heteroatoms. The molecular formula is C26H31ClN6O3. The molecule has 2 saturated heterocycles. The topological polar surface area (TPSA) is 101 Å². The quantitative estimate of drug-likeness (QED) is 0.470. The van der Waals surface area contributed by atoms with Gasteiger partial charge < -0.3 is 24.8 Å². The monoisotopic (exact) mass is 510 g/mol. The molecule has 0 amide bonds. The molecule has 9 nitrogen and oxygen atoms in total. The number of Topliss-reactive ketones (excluding diaryl/α,β-unsaturated/α-hetero) is 1. The molecule has 3 aromatic rings. The van der Waals surface area contributed by atoms with Crippen LogP contribution in [-0.2, 0) is 4.79 Å². The third kappa shape index (κ3) is 4.65. The maximum Gasteiger partial charge on any atom is 0.293 e. The van der Waals surface area contributed by atoms with Crippen molar-refractivity contribution in [2.45, 2.75) is 39.7 Å². The lowest BCUT2D eigenvalue weighted by Crippen LogP contribution is -2.58. The summed E-state index contributed by atoms with van der Waals surface area (Å²) >= 11 is 6.43. The molecule has 36 heavy (non-hydrogen) atoms. The predicted molar refractivity (Wildman–Crippen MR) is 142 cm³/mol. The first-order valence-electron chi connectivity index (χ1n) is 12.4. The number of carbonyl (C=O) groups excluding carboxylic acids is 1. The summed E-state index contributed by atoms with van der Waals surface area (Å²) < 4.78 is 7.29. The van der Waals surface area contributed by atoms with Crippen LogP contribution in [0.3, 0.4) is 0 Å². The first-order chi connectivity index (χ1) is 17.3. The molecule has 0 bridgehead atoms. The van der Waals surface area contributed by atoms with E-state index in [0.29, 0.717) is 28.6 Å². The molecule has 4 heterocycles. The molecule has 1 aromatic carbocycles. The van der Waals surface area contributed by atoms with Crippen LogP contribution in [0.2, 0.25) is 5.02 Å². The van der Waals surface area contributed by atoms with Crippen LogP contribution < -0.4 is 25.8 Å². The molecule has 2 aromatic heterocycles. The highest BCUT2D eigenvalue weighted by molar-refractivity contribution is 6.32. The molecule has 2 aliphatic rings. The second kappa shape index (κ2) is 9.71. The van der Waals surface area contributed by atoms with Gasteiger partial charge in [-0.3, -0.25) is 9.59 Å². The maximum atomic E-state index is 13.0. The number of nitrogens with one attached hydrogen (secondary N) is 2. The van der Waals surface area contributed by atoms with E-state index in [9.17, 15) is 9.59 Å². The molecule has 2 N–H and O–H groups in total. The van der Waals surface area contributed by atoms with Crippen LogP contribution in [0.5, 0.6) is 5.75 Å². The van der Waals surface area contributed by atoms with E-state index in [0.717, 1.165) is 42.8 Å². The van der Waals surface area contributed by atoms with Crippen molar-refractivity contribution in [3.8, 4) is 5.75 Å². The fraction of sp³-hybridized carbons (Fsp3) is 0.462. The Balaban J connectivity index is 1.43. The summed E-state index contributed by atoms with van der Waals surface area (Å²) in [6, 6.07) is 7.30. The van der Waals surface area contributed by atoms with Gasteiger partial charge >= 0.3 is 0 Å². The van der Waals surface area contributed by atoms with E-state index in [-0.39, 0.29) is 29.7 Å². The minimum absolute atomic E-state index is 0.0625. The van der Waals surface area contributed by atoms with Gasteiger partial charge in [-0.05, 0) is 51.1 Å². The standard InChI is InChI=1S/C26H31ClN6O3/c1-4-19(34)12-36-22-10-17-9-18(5-6-21(17)33(16(2)3)24(22)35)30-23-20(27)11-29-25(31-23)32-14-26(15-32)7-8-28-13-26/h5-6,9-11,16,28H,4,7-8,12-15H2,1-3H3,(H,29,30,31). The number of hydrogen-bond acceptors (Lipinski definition) is 8. The number of aromatic nitrogens is 3. The van der Waals surface area contributed by atoms with Crippen LogP contribution in [0.1, 0.15) is 39.7 Å². The number of ketones is 1. The van der Waals surface area contributed by atoms with Gasteiger partial charge in [0.15, 0.2) is 17.4 Å². The normalized spacial score (nSPS) is 16.5. The second-order valence-corrected chi connectivity index (χ2v) is 10.4. The highest BCUT2D eigenvalue weighted by Gasteiger charge is 2.45. The Kier molecular flexibility index (Phi) is 6.61. The average molecular weight is 511 g/mol. The summed E-state index contributed by atoms with van der Waals surface area (Å²) in [6.07, 6.45) is 3.16. The SMILES string of the molecule is CCC(=O)COc1cc2cc(Nc3nc(N4CC5(CCNC5)C4)ncc3Cl)ccc2n(C(C)C)c1=O. The van der Waals surface area contributed by atoms with Crippen molar-refractivity contribution in [3.63, 3.8) is 0 Å². The molecule has 2 fully saturated rings. The van der Waals surface area contributed by atoms with Crippen molar-refractivity contribution in [1.82, 2.24) is 19.9 Å². The number of fused-ring (bicyclic) bond motifs is 1. The van der Waals surface area contributed by atoms with E-state index >= 15 is 0 Å². The van der Waals surface area contributed by atoms with Gasteiger partial charge in [0.1, 0.15) is 11.6 Å². The number of anilines is 3. The number of ether oxygens (including phenoxy) is 1. The lowest BCUT2D eigenvalue weighted by atomic mass is 9.79. The summed E-state index contributed by atoms with van der Waals surface area (Å²) in [5, 5.41) is 7.97.